The lowest BCUT2D eigenvalue weighted by atomic mass is 10.1. The van der Waals surface area contributed by atoms with Crippen molar-refractivity contribution in [2.75, 3.05) is 5.88 Å². The summed E-state index contributed by atoms with van der Waals surface area (Å²) in [6.07, 6.45) is 0. The van der Waals surface area contributed by atoms with Crippen molar-refractivity contribution in [2.45, 2.75) is 18.7 Å². The van der Waals surface area contributed by atoms with Crippen molar-refractivity contribution >= 4 is 27.3 Å². The highest BCUT2D eigenvalue weighted by Gasteiger charge is 2.13. The van der Waals surface area contributed by atoms with Crippen molar-refractivity contribution in [1.82, 2.24) is 4.83 Å². The molecule has 0 aliphatic heterocycles. The number of hydrogen-bond donors (Lipinski definition) is 1. The Morgan fingerprint density at radius 3 is 2.00 bits per heavy atom. The van der Waals surface area contributed by atoms with Gasteiger partial charge in [0.05, 0.1) is 16.5 Å². The lowest BCUT2D eigenvalue weighted by molar-refractivity contribution is 0.584. The Morgan fingerprint density at radius 1 is 1.00 bits per heavy atom. The molecule has 0 fully saturated rings. The number of nitrogens with one attached hydrogen (secondary N) is 1. The summed E-state index contributed by atoms with van der Waals surface area (Å²) in [5.74, 6) is 0.111. The van der Waals surface area contributed by atoms with Crippen LogP contribution in [0.2, 0.25) is 0 Å². The van der Waals surface area contributed by atoms with Gasteiger partial charge in [-0.15, -0.1) is 11.6 Å². The fraction of sp³-hybridized carbons (Fsp3) is 0.188. The Morgan fingerprint density at radius 2 is 1.50 bits per heavy atom. The molecule has 4 nitrogen and oxygen atoms in total. The molecule has 0 aromatic heterocycles. The molecule has 2 aromatic carbocycles. The Labute approximate surface area is 135 Å². The smallest absolute Gasteiger partial charge is 0.200 e. The van der Waals surface area contributed by atoms with Crippen LogP contribution in [0, 0.1) is 13.8 Å². The standard InChI is InChI=1S/C16H17ClN2O2S/c1-12-3-7-14(8-4-12)16(11-17)18-19-22(20,21)15-9-5-13(2)6-10-15/h3-10,19H,11H2,1-2H3/b18-16-. The van der Waals surface area contributed by atoms with Gasteiger partial charge in [0, 0.05) is 0 Å². The number of benzene rings is 2. The summed E-state index contributed by atoms with van der Waals surface area (Å²) in [6, 6.07) is 14.1. The number of hydrazone groups is 1. The van der Waals surface area contributed by atoms with Crippen molar-refractivity contribution in [2.24, 2.45) is 5.10 Å². The van der Waals surface area contributed by atoms with Crippen LogP contribution in [-0.2, 0) is 10.0 Å². The summed E-state index contributed by atoms with van der Waals surface area (Å²) in [5.41, 5.74) is 3.35. The van der Waals surface area contributed by atoms with Crippen LogP contribution in [0.15, 0.2) is 58.5 Å². The minimum atomic E-state index is -3.69. The van der Waals surface area contributed by atoms with Gasteiger partial charge in [0.1, 0.15) is 0 Å². The minimum Gasteiger partial charge on any atom is -0.200 e. The predicted molar refractivity (Wildman–Crippen MR) is 89.9 cm³/mol. The molecule has 116 valence electrons. The molecular weight excluding hydrogens is 320 g/mol. The molecule has 1 N–H and O–H groups in total. The maximum absolute atomic E-state index is 12.2. The van der Waals surface area contributed by atoms with Gasteiger partial charge in [0.25, 0.3) is 10.0 Å². The fourth-order valence-electron chi connectivity index (χ4n) is 1.80. The van der Waals surface area contributed by atoms with Crippen molar-refractivity contribution in [3.05, 3.63) is 65.2 Å². The van der Waals surface area contributed by atoms with Gasteiger partial charge in [-0.25, -0.2) is 0 Å². The van der Waals surface area contributed by atoms with Gasteiger partial charge < -0.3 is 0 Å². The number of alkyl halides is 1. The van der Waals surface area contributed by atoms with Gasteiger partial charge in [-0.3, -0.25) is 0 Å². The average molecular weight is 337 g/mol. The van der Waals surface area contributed by atoms with Gasteiger partial charge >= 0.3 is 0 Å². The third kappa shape index (κ3) is 4.08. The Balaban J connectivity index is 2.24. The minimum absolute atomic E-state index is 0.111. The van der Waals surface area contributed by atoms with Gasteiger partial charge in [0.2, 0.25) is 0 Å². The third-order valence-corrected chi connectivity index (χ3v) is 4.62. The summed E-state index contributed by atoms with van der Waals surface area (Å²) in [5, 5.41) is 3.96. The van der Waals surface area contributed by atoms with E-state index < -0.39 is 10.0 Å². The zero-order chi connectivity index (χ0) is 16.2. The molecular formula is C16H17ClN2O2S. The molecule has 0 unspecified atom stereocenters. The number of aryl methyl sites for hydroxylation is 2. The number of hydrogen-bond acceptors (Lipinski definition) is 3. The zero-order valence-corrected chi connectivity index (χ0v) is 13.9. The molecule has 2 aromatic rings. The molecule has 2 rings (SSSR count). The van der Waals surface area contributed by atoms with Crippen LogP contribution in [0.5, 0.6) is 0 Å². The van der Waals surface area contributed by atoms with Crippen LogP contribution >= 0.6 is 11.6 Å². The SMILES string of the molecule is Cc1ccc(/C(CCl)=N\NS(=O)(=O)c2ccc(C)cc2)cc1. The second-order valence-electron chi connectivity index (χ2n) is 4.97. The highest BCUT2D eigenvalue weighted by molar-refractivity contribution is 7.89. The lowest BCUT2D eigenvalue weighted by Gasteiger charge is -2.07. The molecule has 0 aliphatic rings. The highest BCUT2D eigenvalue weighted by Crippen LogP contribution is 2.11. The van der Waals surface area contributed by atoms with E-state index in [0.717, 1.165) is 16.7 Å². The quantitative estimate of drug-likeness (QED) is 0.517. The fourth-order valence-corrected chi connectivity index (χ4v) is 2.85. The van der Waals surface area contributed by atoms with Crippen LogP contribution in [0.1, 0.15) is 16.7 Å². The Bertz CT molecular complexity index is 767. The molecule has 0 spiro atoms. The molecule has 22 heavy (non-hydrogen) atoms. The first-order valence-electron chi connectivity index (χ1n) is 6.70. The lowest BCUT2D eigenvalue weighted by Crippen LogP contribution is -2.21. The molecule has 0 saturated heterocycles. The monoisotopic (exact) mass is 336 g/mol. The summed E-state index contributed by atoms with van der Waals surface area (Å²) in [6.45, 7) is 3.87. The van der Waals surface area contributed by atoms with E-state index in [1.54, 1.807) is 24.3 Å². The van der Waals surface area contributed by atoms with Crippen LogP contribution in [0.4, 0.5) is 0 Å². The van der Waals surface area contributed by atoms with E-state index in [0.29, 0.717) is 5.71 Å². The first-order chi connectivity index (χ1) is 10.4. The summed E-state index contributed by atoms with van der Waals surface area (Å²) in [4.78, 5) is 2.40. The maximum atomic E-state index is 12.2. The van der Waals surface area contributed by atoms with Crippen molar-refractivity contribution in [3.63, 3.8) is 0 Å². The molecule has 0 atom stereocenters. The van der Waals surface area contributed by atoms with Gasteiger partial charge in [-0.05, 0) is 31.5 Å². The molecule has 6 heteroatoms. The van der Waals surface area contributed by atoms with Gasteiger partial charge in [-0.2, -0.15) is 18.4 Å². The van der Waals surface area contributed by atoms with E-state index in [2.05, 4.69) is 9.93 Å². The molecule has 0 radical (unpaired) electrons. The summed E-state index contributed by atoms with van der Waals surface area (Å²) in [7, 11) is -3.69. The summed E-state index contributed by atoms with van der Waals surface area (Å²) < 4.78 is 24.4. The summed E-state index contributed by atoms with van der Waals surface area (Å²) >= 11 is 5.87. The van der Waals surface area contributed by atoms with E-state index in [9.17, 15) is 8.42 Å². The van der Waals surface area contributed by atoms with Crippen LogP contribution < -0.4 is 4.83 Å². The number of nitrogens with zero attached hydrogens (tertiary/aromatic N) is 1. The van der Waals surface area contributed by atoms with Crippen LogP contribution in [-0.4, -0.2) is 20.0 Å². The average Bonchev–Trinajstić information content (AvgIpc) is 2.50. The number of sulfonamides is 1. The molecule has 0 heterocycles. The molecule has 0 saturated carbocycles. The van der Waals surface area contributed by atoms with Crippen molar-refractivity contribution < 1.29 is 8.42 Å². The first kappa shape index (κ1) is 16.5. The van der Waals surface area contributed by atoms with Crippen molar-refractivity contribution in [1.29, 1.82) is 0 Å². The highest BCUT2D eigenvalue weighted by atomic mass is 35.5. The maximum Gasteiger partial charge on any atom is 0.276 e. The van der Waals surface area contributed by atoms with E-state index in [1.165, 1.54) is 0 Å². The van der Waals surface area contributed by atoms with Crippen LogP contribution in [0.3, 0.4) is 0 Å². The third-order valence-electron chi connectivity index (χ3n) is 3.14. The van der Waals surface area contributed by atoms with Crippen molar-refractivity contribution in [3.8, 4) is 0 Å². The van der Waals surface area contributed by atoms with E-state index in [1.807, 2.05) is 38.1 Å². The Kier molecular flexibility index (Phi) is 5.21. The van der Waals surface area contributed by atoms with E-state index >= 15 is 0 Å². The second kappa shape index (κ2) is 6.94. The predicted octanol–water partition coefficient (Wildman–Crippen LogP) is 3.22. The van der Waals surface area contributed by atoms with Gasteiger partial charge in [-0.1, -0.05) is 47.5 Å². The normalized spacial score (nSPS) is 12.2. The molecule has 0 amide bonds. The number of halogens is 1. The molecule has 0 aliphatic carbocycles. The number of rotatable bonds is 5. The van der Waals surface area contributed by atoms with E-state index in [4.69, 9.17) is 11.6 Å². The zero-order valence-electron chi connectivity index (χ0n) is 12.4. The second-order valence-corrected chi connectivity index (χ2v) is 6.89. The topological polar surface area (TPSA) is 58.5 Å². The first-order valence-corrected chi connectivity index (χ1v) is 8.72. The Hall–Kier alpha value is -1.85. The largest absolute Gasteiger partial charge is 0.276 e. The van der Waals surface area contributed by atoms with Gasteiger partial charge in [0.15, 0.2) is 0 Å². The molecule has 0 bridgehead atoms. The van der Waals surface area contributed by atoms with E-state index in [-0.39, 0.29) is 10.8 Å². The van der Waals surface area contributed by atoms with Crippen LogP contribution in [0.25, 0.3) is 0 Å².